The number of nitrogens with one attached hydrogen (secondary N) is 2. The summed E-state index contributed by atoms with van der Waals surface area (Å²) in [6.45, 7) is 0.300. The van der Waals surface area contributed by atoms with Crippen molar-refractivity contribution in [3.8, 4) is 17.2 Å². The first-order valence-electron chi connectivity index (χ1n) is 18.8. The number of ether oxygens (including phenoxy) is 5. The molecule has 1 saturated carbocycles. The Morgan fingerprint density at radius 1 is 0.929 bits per heavy atom. The minimum Gasteiger partial charge on any atom is -0.497 e. The van der Waals surface area contributed by atoms with Gasteiger partial charge in [0.05, 0.1) is 19.3 Å². The summed E-state index contributed by atoms with van der Waals surface area (Å²) >= 11 is 13.0. The predicted octanol–water partition coefficient (Wildman–Crippen LogP) is 7.82. The molecule has 56 heavy (non-hydrogen) atoms. The second-order valence-corrected chi connectivity index (χ2v) is 15.3. The van der Waals surface area contributed by atoms with Crippen molar-refractivity contribution in [2.24, 2.45) is 11.8 Å². The van der Waals surface area contributed by atoms with Gasteiger partial charge in [0, 0.05) is 25.1 Å². The molecule has 2 bridgehead atoms. The fourth-order valence-corrected chi connectivity index (χ4v) is 7.79. The van der Waals surface area contributed by atoms with Crippen molar-refractivity contribution < 1.29 is 47.0 Å². The van der Waals surface area contributed by atoms with Crippen molar-refractivity contribution in [1.29, 1.82) is 0 Å². The molecule has 1 aromatic heterocycles. The summed E-state index contributed by atoms with van der Waals surface area (Å²) in [5, 5.41) is 4.01. The lowest BCUT2D eigenvalue weighted by Gasteiger charge is -2.44. The number of methoxy groups -OCH3 is 1. The third-order valence-corrected chi connectivity index (χ3v) is 11.2. The molecule has 3 aliphatic heterocycles. The molecule has 1 aliphatic carbocycles. The summed E-state index contributed by atoms with van der Waals surface area (Å²) in [6.07, 6.45) is 6.08. The maximum absolute atomic E-state index is 13.9. The zero-order valence-corrected chi connectivity index (χ0v) is 32.4. The second-order valence-electron chi connectivity index (χ2n) is 14.5. The van der Waals surface area contributed by atoms with Crippen LogP contribution in [0.2, 0.25) is 10.0 Å². The Labute approximate surface area is 334 Å². The Morgan fingerprint density at radius 3 is 2.39 bits per heavy atom. The number of carbonyl (C=O) groups is 2. The molecule has 1 unspecified atom stereocenters. The van der Waals surface area contributed by atoms with E-state index in [1.54, 1.807) is 55.9 Å². The summed E-state index contributed by atoms with van der Waals surface area (Å²) in [6, 6.07) is 17.9. The molecule has 2 N–H and O–H groups in total. The Kier molecular flexibility index (Phi) is 12.9. The number of piperidine rings is 3. The van der Waals surface area contributed by atoms with Crippen molar-refractivity contribution in [1.82, 2.24) is 10.2 Å². The van der Waals surface area contributed by atoms with Crippen LogP contribution in [0.4, 0.5) is 8.78 Å². The van der Waals surface area contributed by atoms with E-state index in [4.69, 9.17) is 46.9 Å². The van der Waals surface area contributed by atoms with Crippen LogP contribution in [0.15, 0.2) is 79.1 Å². The van der Waals surface area contributed by atoms with Gasteiger partial charge in [-0.1, -0.05) is 53.5 Å². The maximum atomic E-state index is 13.9. The van der Waals surface area contributed by atoms with Crippen LogP contribution in [-0.2, 0) is 27.2 Å². The smallest absolute Gasteiger partial charge is 0.387 e. The van der Waals surface area contributed by atoms with Crippen LogP contribution in [-0.4, -0.2) is 62.9 Å². The normalized spacial score (nSPS) is 19.9. The molecule has 4 heterocycles. The van der Waals surface area contributed by atoms with Gasteiger partial charge in [-0.05, 0) is 104 Å². The first-order valence-corrected chi connectivity index (χ1v) is 19.5. The summed E-state index contributed by atoms with van der Waals surface area (Å²) < 4.78 is 55.0. The van der Waals surface area contributed by atoms with Crippen LogP contribution in [0.5, 0.6) is 17.2 Å². The molecule has 4 fully saturated rings. The van der Waals surface area contributed by atoms with Gasteiger partial charge >= 0.3 is 18.6 Å². The maximum Gasteiger partial charge on any atom is 0.387 e. The highest BCUT2D eigenvalue weighted by molar-refractivity contribution is 6.35. The standard InChI is InChI=1S/C42H43Cl2F2N3O7/c1-52-31-7-3-5-29(17-31)39(41(51)55-38-23-49-14-12-27(38)13-15-49)48-20-26-4-2-6-30(16-26)40(50)54-36(19-32-33(43)21-47-22-34(32)44)28-10-11-35(56-42(45)46)37(18-28)53-24-25-8-9-25/h2-7,10-11,16-18,21-22,25,27,36,38-39,42,48H,8-9,12-15,19-20,23-24H2,1H3/p+1/t36-,38-,39?/m0/s1. The van der Waals surface area contributed by atoms with Gasteiger partial charge in [-0.2, -0.15) is 8.78 Å². The van der Waals surface area contributed by atoms with E-state index in [1.165, 1.54) is 6.07 Å². The number of hydrogen-bond donors (Lipinski definition) is 1. The Hall–Kier alpha value is -4.49. The van der Waals surface area contributed by atoms with Gasteiger partial charge < -0.3 is 23.7 Å². The van der Waals surface area contributed by atoms with Crippen molar-refractivity contribution >= 4 is 35.1 Å². The predicted molar refractivity (Wildman–Crippen MR) is 204 cm³/mol. The highest BCUT2D eigenvalue weighted by atomic mass is 35.5. The number of halogens is 4. The minimum atomic E-state index is -3.06. The number of aromatic nitrogens is 1. The lowest BCUT2D eigenvalue weighted by Crippen LogP contribution is -2.52. The molecule has 4 aromatic rings. The summed E-state index contributed by atoms with van der Waals surface area (Å²) in [7, 11) is 1.57. The molecule has 3 atom stereocenters. The van der Waals surface area contributed by atoms with Crippen LogP contribution in [0.25, 0.3) is 0 Å². The third kappa shape index (κ3) is 10.1. The first-order chi connectivity index (χ1) is 27.1. The highest BCUT2D eigenvalue weighted by Gasteiger charge is 2.38. The number of benzene rings is 3. The van der Waals surface area contributed by atoms with E-state index in [1.807, 2.05) is 24.3 Å². The quantitative estimate of drug-likeness (QED) is 0.107. The van der Waals surface area contributed by atoms with Crippen molar-refractivity contribution in [2.45, 2.75) is 63.5 Å². The molecule has 3 saturated heterocycles. The Balaban J connectivity index is 1.11. The SMILES string of the molecule is COc1cccc(C(NCc2cccc(C(=O)O[C@@H](Cc3c(Cl)c[nH+]cc3Cl)c3ccc(OC(F)F)c(OCC4CC4)c3)c2)C(=O)O[C@H]2CN3CCC2CC3)c1. The minimum absolute atomic E-state index is 0.0698. The number of fused-ring (bicyclic) bond motifs is 3. The molecular weight excluding hydrogens is 767 g/mol. The number of alkyl halides is 2. The molecule has 3 aromatic carbocycles. The van der Waals surface area contributed by atoms with Gasteiger partial charge in [-0.3, -0.25) is 10.2 Å². The van der Waals surface area contributed by atoms with Gasteiger partial charge in [0.15, 0.2) is 23.9 Å². The molecule has 296 valence electrons. The third-order valence-electron chi connectivity index (χ3n) is 10.6. The number of hydrogen-bond acceptors (Lipinski definition) is 9. The average molecular weight is 812 g/mol. The molecule has 10 nitrogen and oxygen atoms in total. The molecule has 0 amide bonds. The second kappa shape index (κ2) is 18.2. The molecule has 0 spiro atoms. The van der Waals surface area contributed by atoms with Gasteiger partial charge in [-0.15, -0.1) is 0 Å². The molecule has 14 heteroatoms. The molecule has 8 rings (SSSR count). The van der Waals surface area contributed by atoms with Crippen LogP contribution < -0.4 is 24.5 Å². The largest absolute Gasteiger partial charge is 0.497 e. The van der Waals surface area contributed by atoms with E-state index >= 15 is 0 Å². The van der Waals surface area contributed by atoms with Crippen LogP contribution >= 0.6 is 23.2 Å². The van der Waals surface area contributed by atoms with E-state index in [0.29, 0.717) is 56.5 Å². The van der Waals surface area contributed by atoms with Gasteiger partial charge in [0.2, 0.25) is 0 Å². The summed E-state index contributed by atoms with van der Waals surface area (Å²) in [4.78, 5) is 32.9. The molecular formula is C42H44Cl2F2N3O7+. The monoisotopic (exact) mass is 810 g/mol. The van der Waals surface area contributed by atoms with E-state index in [0.717, 1.165) is 45.3 Å². The number of nitrogens with zero attached hydrogens (tertiary/aromatic N) is 1. The lowest BCUT2D eigenvalue weighted by molar-refractivity contribution is -0.377. The number of aromatic amines is 1. The van der Waals surface area contributed by atoms with E-state index in [-0.39, 0.29) is 42.1 Å². The number of pyridine rings is 1. The van der Waals surface area contributed by atoms with Crippen LogP contribution in [0, 0.1) is 11.8 Å². The van der Waals surface area contributed by atoms with Crippen molar-refractivity contribution in [3.05, 3.63) is 117 Å². The van der Waals surface area contributed by atoms with Crippen LogP contribution in [0.1, 0.15) is 70.4 Å². The van der Waals surface area contributed by atoms with Crippen molar-refractivity contribution in [2.75, 3.05) is 33.4 Å². The van der Waals surface area contributed by atoms with Crippen LogP contribution in [0.3, 0.4) is 0 Å². The van der Waals surface area contributed by atoms with E-state index in [2.05, 4.69) is 15.2 Å². The fourth-order valence-electron chi connectivity index (χ4n) is 7.25. The first kappa shape index (κ1) is 39.7. The average Bonchev–Trinajstić information content (AvgIpc) is 4.04. The fraction of sp³-hybridized carbons (Fsp3) is 0.405. The van der Waals surface area contributed by atoms with E-state index < -0.39 is 24.7 Å². The number of H-pyrrole nitrogens is 1. The lowest BCUT2D eigenvalue weighted by atomic mass is 9.86. The highest BCUT2D eigenvalue weighted by Crippen LogP contribution is 2.38. The zero-order chi connectivity index (χ0) is 39.2. The number of esters is 2. The summed E-state index contributed by atoms with van der Waals surface area (Å²) in [5.41, 5.74) is 2.64. The van der Waals surface area contributed by atoms with Gasteiger partial charge in [0.25, 0.3) is 0 Å². The van der Waals surface area contributed by atoms with Crippen molar-refractivity contribution in [3.63, 3.8) is 0 Å². The summed E-state index contributed by atoms with van der Waals surface area (Å²) in [5.74, 6) is 0.258. The number of carbonyl (C=O) groups excluding carboxylic acids is 2. The Morgan fingerprint density at radius 2 is 1.70 bits per heavy atom. The number of rotatable bonds is 17. The molecule has 0 radical (unpaired) electrons. The van der Waals surface area contributed by atoms with E-state index in [9.17, 15) is 18.4 Å². The van der Waals surface area contributed by atoms with Gasteiger partial charge in [-0.25, -0.2) is 14.6 Å². The molecule has 4 aliphatic rings. The topological polar surface area (TPSA) is 110 Å². The van der Waals surface area contributed by atoms with Gasteiger partial charge in [0.1, 0.15) is 34.0 Å². The zero-order valence-electron chi connectivity index (χ0n) is 30.9. The Bertz CT molecular complexity index is 1990.